The van der Waals surface area contributed by atoms with E-state index in [0.29, 0.717) is 22.6 Å². The topological polar surface area (TPSA) is 204 Å². The standard InChI is InChI=1S/C29H21N5O7S/c30-19-6-1-18-13-26(42(39,40)41)27(28(36)23(18)14-19)34-32-21-9-4-17(5-10-21)16-2-7-20(8-3-16)31-33-22-11-12-25(35)24(15-22)29(37)38/h1-15,32,35H,30H2,(H,37,38)(H,39,40,41)/b33-31+,34-27-. The quantitative estimate of drug-likeness (QED) is 0.0788. The Kier molecular flexibility index (Phi) is 7.35. The molecule has 13 heteroatoms. The van der Waals surface area contributed by atoms with Gasteiger partial charge in [0, 0.05) is 11.3 Å². The van der Waals surface area contributed by atoms with Gasteiger partial charge in [0.05, 0.1) is 17.1 Å². The fourth-order valence-corrected chi connectivity index (χ4v) is 4.76. The minimum Gasteiger partial charge on any atom is -0.507 e. The van der Waals surface area contributed by atoms with Gasteiger partial charge in [-0.1, -0.05) is 30.3 Å². The molecule has 0 aromatic heterocycles. The largest absolute Gasteiger partial charge is 0.507 e. The first-order valence-electron chi connectivity index (χ1n) is 12.2. The van der Waals surface area contributed by atoms with Gasteiger partial charge in [-0.3, -0.25) is 14.8 Å². The molecule has 6 N–H and O–H groups in total. The summed E-state index contributed by atoms with van der Waals surface area (Å²) < 4.78 is 33.7. The number of ketones is 1. The number of azo groups is 1. The number of carboxylic acids is 1. The van der Waals surface area contributed by atoms with Crippen LogP contribution in [0.5, 0.6) is 5.75 Å². The number of carbonyl (C=O) groups is 2. The lowest BCUT2D eigenvalue weighted by Crippen LogP contribution is -2.27. The zero-order valence-electron chi connectivity index (χ0n) is 21.5. The highest BCUT2D eigenvalue weighted by Crippen LogP contribution is 2.29. The molecule has 42 heavy (non-hydrogen) atoms. The van der Waals surface area contributed by atoms with Gasteiger partial charge in [0.15, 0.2) is 5.71 Å². The highest BCUT2D eigenvalue weighted by atomic mass is 32.2. The summed E-state index contributed by atoms with van der Waals surface area (Å²) in [4.78, 5) is 23.5. The third-order valence-electron chi connectivity index (χ3n) is 6.21. The van der Waals surface area contributed by atoms with Crippen LogP contribution in [-0.2, 0) is 10.1 Å². The average Bonchev–Trinajstić information content (AvgIpc) is 2.96. The number of anilines is 2. The number of hydrogen-bond acceptors (Lipinski definition) is 10. The first kappa shape index (κ1) is 27.9. The molecule has 12 nitrogen and oxygen atoms in total. The maximum Gasteiger partial charge on any atom is 0.339 e. The van der Waals surface area contributed by atoms with Gasteiger partial charge in [-0.15, -0.1) is 0 Å². The fourth-order valence-electron chi connectivity index (χ4n) is 4.10. The van der Waals surface area contributed by atoms with Crippen LogP contribution in [0.15, 0.2) is 105 Å². The number of hydrogen-bond donors (Lipinski definition) is 5. The van der Waals surface area contributed by atoms with Crippen molar-refractivity contribution in [2.24, 2.45) is 15.3 Å². The summed E-state index contributed by atoms with van der Waals surface area (Å²) in [5.41, 5.74) is 11.4. The zero-order valence-corrected chi connectivity index (χ0v) is 22.3. The van der Waals surface area contributed by atoms with E-state index in [9.17, 15) is 27.7 Å². The molecule has 0 heterocycles. The van der Waals surface area contributed by atoms with Crippen molar-refractivity contribution in [2.45, 2.75) is 0 Å². The number of nitrogens with zero attached hydrogens (tertiary/aromatic N) is 3. The Morgan fingerprint density at radius 2 is 1.45 bits per heavy atom. The van der Waals surface area contributed by atoms with Crippen LogP contribution in [0.2, 0.25) is 0 Å². The van der Waals surface area contributed by atoms with Gasteiger partial charge < -0.3 is 15.9 Å². The van der Waals surface area contributed by atoms with Crippen LogP contribution in [-0.4, -0.2) is 40.6 Å². The van der Waals surface area contributed by atoms with Gasteiger partial charge in [-0.25, -0.2) is 4.79 Å². The van der Waals surface area contributed by atoms with Crippen molar-refractivity contribution < 1.29 is 32.8 Å². The third-order valence-corrected chi connectivity index (χ3v) is 7.08. The number of fused-ring (bicyclic) bond motifs is 1. The number of nitrogens with two attached hydrogens (primary N) is 1. The first-order chi connectivity index (χ1) is 20.0. The van der Waals surface area contributed by atoms with Gasteiger partial charge in [0.25, 0.3) is 10.1 Å². The molecule has 4 aromatic carbocycles. The minimum absolute atomic E-state index is 0.161. The number of Topliss-reactive ketones (excluding diaryl/α,β-unsaturated/α-hetero) is 1. The molecular formula is C29H21N5O7S. The SMILES string of the molecule is Nc1ccc2c(c1)C(=O)/C(=N\Nc1ccc(-c3ccc(/N=N/c4ccc(O)c(C(=O)O)c4)cc3)cc1)C(S(=O)(=O)O)=C2. The summed E-state index contributed by atoms with van der Waals surface area (Å²) in [7, 11) is -4.75. The van der Waals surface area contributed by atoms with E-state index < -0.39 is 32.5 Å². The lowest BCUT2D eigenvalue weighted by atomic mass is 9.94. The molecule has 0 aliphatic heterocycles. The number of aromatic carboxylic acids is 1. The number of hydrazone groups is 1. The molecule has 0 spiro atoms. The Bertz CT molecular complexity index is 1930. The van der Waals surface area contributed by atoms with E-state index >= 15 is 0 Å². The van der Waals surface area contributed by atoms with E-state index in [0.717, 1.165) is 17.2 Å². The van der Waals surface area contributed by atoms with Crippen molar-refractivity contribution in [3.05, 3.63) is 107 Å². The second-order valence-corrected chi connectivity index (χ2v) is 10.5. The van der Waals surface area contributed by atoms with Gasteiger partial charge >= 0.3 is 5.97 Å². The summed E-state index contributed by atoms with van der Waals surface area (Å²) in [5.74, 6) is -2.35. The van der Waals surface area contributed by atoms with Crippen molar-refractivity contribution in [1.29, 1.82) is 0 Å². The number of nitrogen functional groups attached to an aromatic ring is 1. The maximum absolute atomic E-state index is 13.0. The van der Waals surface area contributed by atoms with Crippen LogP contribution >= 0.6 is 0 Å². The van der Waals surface area contributed by atoms with Crippen LogP contribution in [0.1, 0.15) is 26.3 Å². The average molecular weight is 584 g/mol. The van der Waals surface area contributed by atoms with E-state index in [2.05, 4.69) is 20.8 Å². The van der Waals surface area contributed by atoms with Gasteiger partial charge in [-0.05, 0) is 77.4 Å². The zero-order chi connectivity index (χ0) is 30.0. The van der Waals surface area contributed by atoms with Crippen molar-refractivity contribution in [2.75, 3.05) is 11.2 Å². The molecule has 0 saturated heterocycles. The Labute approximate surface area is 238 Å². The van der Waals surface area contributed by atoms with E-state index in [1.807, 2.05) is 12.1 Å². The molecule has 0 fully saturated rings. The summed E-state index contributed by atoms with van der Waals surface area (Å²) in [6.07, 6.45) is 1.16. The number of carbonyl (C=O) groups excluding carboxylic acids is 1. The Hall–Kier alpha value is -5.66. The number of allylic oxidation sites excluding steroid dienone is 1. The second-order valence-electron chi connectivity index (χ2n) is 9.06. The molecular weight excluding hydrogens is 562 g/mol. The van der Waals surface area contributed by atoms with Crippen molar-refractivity contribution >= 4 is 56.4 Å². The normalized spacial score (nSPS) is 14.1. The first-order valence-corrected chi connectivity index (χ1v) is 13.6. The molecule has 4 aromatic rings. The monoisotopic (exact) mass is 583 g/mol. The van der Waals surface area contributed by atoms with Gasteiger partial charge in [0.1, 0.15) is 16.2 Å². The number of rotatable bonds is 7. The second kappa shape index (κ2) is 11.1. The fraction of sp³-hybridized carbons (Fsp3) is 0. The van der Waals surface area contributed by atoms with E-state index in [1.165, 1.54) is 36.4 Å². The maximum atomic E-state index is 13.0. The molecule has 0 unspecified atom stereocenters. The van der Waals surface area contributed by atoms with Gasteiger partial charge in [-0.2, -0.15) is 23.7 Å². The van der Waals surface area contributed by atoms with Crippen molar-refractivity contribution in [3.8, 4) is 16.9 Å². The molecule has 0 bridgehead atoms. The summed E-state index contributed by atoms with van der Waals surface area (Å²) in [6.45, 7) is 0. The van der Waals surface area contributed by atoms with E-state index in [1.54, 1.807) is 36.4 Å². The highest BCUT2D eigenvalue weighted by Gasteiger charge is 2.33. The third kappa shape index (κ3) is 5.91. The van der Waals surface area contributed by atoms with Crippen molar-refractivity contribution in [1.82, 2.24) is 0 Å². The number of benzene rings is 4. The van der Waals surface area contributed by atoms with E-state index in [4.69, 9.17) is 10.8 Å². The van der Waals surface area contributed by atoms with Gasteiger partial charge in [0.2, 0.25) is 5.78 Å². The number of carboxylic acid groups (broad SMARTS) is 1. The molecule has 5 rings (SSSR count). The summed E-state index contributed by atoms with van der Waals surface area (Å²) in [5, 5.41) is 30.8. The van der Waals surface area contributed by atoms with Crippen LogP contribution in [0.3, 0.4) is 0 Å². The predicted molar refractivity (Wildman–Crippen MR) is 157 cm³/mol. The van der Waals surface area contributed by atoms with Crippen molar-refractivity contribution in [3.63, 3.8) is 0 Å². The molecule has 0 radical (unpaired) electrons. The smallest absolute Gasteiger partial charge is 0.339 e. The minimum atomic E-state index is -4.75. The summed E-state index contributed by atoms with van der Waals surface area (Å²) >= 11 is 0. The molecule has 1 aliphatic rings. The van der Waals surface area contributed by atoms with Crippen LogP contribution in [0.4, 0.5) is 22.7 Å². The summed E-state index contributed by atoms with van der Waals surface area (Å²) in [6, 6.07) is 22.3. The lowest BCUT2D eigenvalue weighted by Gasteiger charge is -2.16. The Morgan fingerprint density at radius 3 is 2.10 bits per heavy atom. The number of phenols is 1. The van der Waals surface area contributed by atoms with Crippen LogP contribution in [0.25, 0.3) is 17.2 Å². The van der Waals surface area contributed by atoms with Crippen LogP contribution < -0.4 is 11.2 Å². The predicted octanol–water partition coefficient (Wildman–Crippen LogP) is 5.65. The Morgan fingerprint density at radius 1 is 0.833 bits per heavy atom. The number of aromatic hydroxyl groups is 1. The van der Waals surface area contributed by atoms with E-state index in [-0.39, 0.29) is 22.6 Å². The molecule has 0 amide bonds. The molecule has 210 valence electrons. The lowest BCUT2D eigenvalue weighted by molar-refractivity contribution is 0.0693. The van der Waals surface area contributed by atoms with Crippen LogP contribution in [0, 0.1) is 0 Å². The molecule has 1 aliphatic carbocycles. The molecule has 0 atom stereocenters. The Balaban J connectivity index is 1.31. The highest BCUT2D eigenvalue weighted by molar-refractivity contribution is 7.91. The molecule has 0 saturated carbocycles. The number of nitrogens with one attached hydrogen (secondary N) is 1.